The molecule has 1 unspecified atom stereocenters. The van der Waals surface area contributed by atoms with Crippen molar-refractivity contribution < 1.29 is 14.3 Å². The van der Waals surface area contributed by atoms with Crippen LogP contribution in [0.1, 0.15) is 23.0 Å². The van der Waals surface area contributed by atoms with E-state index in [1.165, 1.54) is 0 Å². The highest BCUT2D eigenvalue weighted by atomic mass is 35.5. The summed E-state index contributed by atoms with van der Waals surface area (Å²) in [7, 11) is 0. The zero-order valence-electron chi connectivity index (χ0n) is 14.7. The Hall–Kier alpha value is -3.12. The predicted octanol–water partition coefficient (Wildman–Crippen LogP) is 4.17. The molecule has 136 valence electrons. The Kier molecular flexibility index (Phi) is 4.20. The Morgan fingerprint density at radius 1 is 1.22 bits per heavy atom. The molecule has 3 aromatic rings. The Bertz CT molecular complexity index is 1100. The van der Waals surface area contributed by atoms with Gasteiger partial charge in [-0.25, -0.2) is 0 Å². The molecule has 2 aromatic carbocycles. The van der Waals surface area contributed by atoms with E-state index in [9.17, 15) is 9.59 Å². The molecule has 0 aliphatic carbocycles. The zero-order chi connectivity index (χ0) is 19.1. The minimum atomic E-state index is -0.544. The van der Waals surface area contributed by atoms with Crippen LogP contribution < -0.4 is 15.4 Å². The maximum absolute atomic E-state index is 12.7. The van der Waals surface area contributed by atoms with Crippen molar-refractivity contribution >= 4 is 45.7 Å². The van der Waals surface area contributed by atoms with Gasteiger partial charge in [-0.3, -0.25) is 14.6 Å². The summed E-state index contributed by atoms with van der Waals surface area (Å²) in [6, 6.07) is 12.2. The molecular formula is C20H16ClN3O3. The Balaban J connectivity index is 1.62. The van der Waals surface area contributed by atoms with E-state index >= 15 is 0 Å². The molecule has 1 aliphatic heterocycles. The van der Waals surface area contributed by atoms with Gasteiger partial charge in [0.25, 0.3) is 11.8 Å². The van der Waals surface area contributed by atoms with E-state index in [1.807, 2.05) is 6.07 Å². The summed E-state index contributed by atoms with van der Waals surface area (Å²) >= 11 is 6.00. The number of pyridine rings is 1. The average Bonchev–Trinajstić information content (AvgIpc) is 2.62. The van der Waals surface area contributed by atoms with Crippen molar-refractivity contribution in [2.24, 2.45) is 0 Å². The first-order valence-electron chi connectivity index (χ1n) is 8.40. The van der Waals surface area contributed by atoms with Gasteiger partial charge in [-0.1, -0.05) is 17.7 Å². The second-order valence-electron chi connectivity index (χ2n) is 6.37. The number of carbonyl (C=O) groups is 2. The standard InChI is InChI=1S/C20H16ClN3O3/c1-10-15(7-12-3-4-13(21)8-16(12)22-10)20(26)23-14-5-6-18-17(9-14)24-19(25)11(2)27-18/h3-9,11H,1-2H3,(H,23,26)(H,24,25). The second-order valence-corrected chi connectivity index (χ2v) is 6.81. The van der Waals surface area contributed by atoms with Crippen LogP contribution in [-0.2, 0) is 4.79 Å². The smallest absolute Gasteiger partial charge is 0.265 e. The summed E-state index contributed by atoms with van der Waals surface area (Å²) < 4.78 is 5.52. The molecule has 0 radical (unpaired) electrons. The van der Waals surface area contributed by atoms with Gasteiger partial charge >= 0.3 is 0 Å². The fourth-order valence-corrected chi connectivity index (χ4v) is 3.12. The number of amides is 2. The van der Waals surface area contributed by atoms with Crippen LogP contribution in [-0.4, -0.2) is 22.9 Å². The number of benzene rings is 2. The molecule has 6 nitrogen and oxygen atoms in total. The highest BCUT2D eigenvalue weighted by molar-refractivity contribution is 6.31. The molecule has 4 rings (SSSR count). The van der Waals surface area contributed by atoms with Gasteiger partial charge in [0.2, 0.25) is 0 Å². The van der Waals surface area contributed by atoms with Crippen molar-refractivity contribution in [1.82, 2.24) is 4.98 Å². The maximum Gasteiger partial charge on any atom is 0.265 e. The molecule has 7 heteroatoms. The quantitative estimate of drug-likeness (QED) is 0.698. The third kappa shape index (κ3) is 3.31. The first-order valence-corrected chi connectivity index (χ1v) is 8.78. The molecular weight excluding hydrogens is 366 g/mol. The largest absolute Gasteiger partial charge is 0.479 e. The fourth-order valence-electron chi connectivity index (χ4n) is 2.95. The van der Waals surface area contributed by atoms with Crippen molar-refractivity contribution in [1.29, 1.82) is 0 Å². The highest BCUT2D eigenvalue weighted by Crippen LogP contribution is 2.32. The van der Waals surface area contributed by atoms with Crippen molar-refractivity contribution in [3.63, 3.8) is 0 Å². The highest BCUT2D eigenvalue weighted by Gasteiger charge is 2.24. The first-order chi connectivity index (χ1) is 12.9. The van der Waals surface area contributed by atoms with Crippen molar-refractivity contribution in [3.8, 4) is 5.75 Å². The van der Waals surface area contributed by atoms with Gasteiger partial charge < -0.3 is 15.4 Å². The van der Waals surface area contributed by atoms with Crippen LogP contribution >= 0.6 is 11.6 Å². The van der Waals surface area contributed by atoms with Gasteiger partial charge in [0.05, 0.1) is 22.5 Å². The number of halogens is 1. The van der Waals surface area contributed by atoms with E-state index in [0.717, 1.165) is 10.9 Å². The molecule has 0 spiro atoms. The number of hydrogen-bond acceptors (Lipinski definition) is 4. The van der Waals surface area contributed by atoms with Crippen LogP contribution in [0.2, 0.25) is 5.02 Å². The number of anilines is 2. The number of ether oxygens (including phenoxy) is 1. The van der Waals surface area contributed by atoms with Crippen LogP contribution in [0.25, 0.3) is 10.9 Å². The van der Waals surface area contributed by atoms with Crippen molar-refractivity contribution in [3.05, 3.63) is 58.7 Å². The van der Waals surface area contributed by atoms with Gasteiger partial charge in [0.1, 0.15) is 5.75 Å². The van der Waals surface area contributed by atoms with Gasteiger partial charge in [-0.2, -0.15) is 0 Å². The SMILES string of the molecule is Cc1nc2cc(Cl)ccc2cc1C(=O)Nc1ccc2c(c1)NC(=O)C(C)O2. The van der Waals surface area contributed by atoms with Crippen LogP contribution in [0.5, 0.6) is 5.75 Å². The van der Waals surface area contributed by atoms with E-state index in [0.29, 0.717) is 33.4 Å². The van der Waals surface area contributed by atoms with Gasteiger partial charge in [-0.15, -0.1) is 0 Å². The summed E-state index contributed by atoms with van der Waals surface area (Å²) in [5, 5.41) is 7.03. The lowest BCUT2D eigenvalue weighted by atomic mass is 10.1. The molecule has 2 amide bonds. The molecule has 0 saturated heterocycles. The fraction of sp³-hybridized carbons (Fsp3) is 0.150. The summed E-state index contributed by atoms with van der Waals surface area (Å²) in [5.74, 6) is 0.0629. The van der Waals surface area contributed by atoms with Crippen LogP contribution in [0.4, 0.5) is 11.4 Å². The van der Waals surface area contributed by atoms with E-state index in [4.69, 9.17) is 16.3 Å². The first kappa shape index (κ1) is 17.3. The van der Waals surface area contributed by atoms with E-state index in [1.54, 1.807) is 50.2 Å². The average molecular weight is 382 g/mol. The number of aryl methyl sites for hydroxylation is 1. The lowest BCUT2D eigenvalue weighted by Gasteiger charge is -2.23. The molecule has 0 saturated carbocycles. The monoisotopic (exact) mass is 381 g/mol. The summed E-state index contributed by atoms with van der Waals surface area (Å²) in [5.41, 5.74) is 2.88. The number of rotatable bonds is 2. The van der Waals surface area contributed by atoms with Gasteiger partial charge in [-0.05, 0) is 50.2 Å². The molecule has 27 heavy (non-hydrogen) atoms. The normalized spacial score (nSPS) is 15.7. The van der Waals surface area contributed by atoms with E-state index in [-0.39, 0.29) is 11.8 Å². The van der Waals surface area contributed by atoms with Gasteiger partial charge in [0, 0.05) is 16.1 Å². The van der Waals surface area contributed by atoms with E-state index < -0.39 is 6.10 Å². The maximum atomic E-state index is 12.7. The molecule has 0 fully saturated rings. The minimum absolute atomic E-state index is 0.223. The molecule has 1 aliphatic rings. The van der Waals surface area contributed by atoms with E-state index in [2.05, 4.69) is 15.6 Å². The Morgan fingerprint density at radius 3 is 2.85 bits per heavy atom. The van der Waals surface area contributed by atoms with Crippen LogP contribution in [0.3, 0.4) is 0 Å². The minimum Gasteiger partial charge on any atom is -0.479 e. The topological polar surface area (TPSA) is 80.3 Å². The number of carbonyl (C=O) groups excluding carboxylic acids is 2. The third-order valence-electron chi connectivity index (χ3n) is 4.38. The number of nitrogens with zero attached hydrogens (tertiary/aromatic N) is 1. The summed E-state index contributed by atoms with van der Waals surface area (Å²) in [6.45, 7) is 3.45. The number of hydrogen-bond donors (Lipinski definition) is 2. The summed E-state index contributed by atoms with van der Waals surface area (Å²) in [6.07, 6.45) is -0.544. The number of nitrogens with one attached hydrogen (secondary N) is 2. The van der Waals surface area contributed by atoms with Crippen molar-refractivity contribution in [2.45, 2.75) is 20.0 Å². The Morgan fingerprint density at radius 2 is 2.04 bits per heavy atom. The molecule has 1 aromatic heterocycles. The molecule has 1 atom stereocenters. The molecule has 2 heterocycles. The summed E-state index contributed by atoms with van der Waals surface area (Å²) in [4.78, 5) is 29.0. The van der Waals surface area contributed by atoms with Crippen LogP contribution in [0.15, 0.2) is 42.5 Å². The number of fused-ring (bicyclic) bond motifs is 2. The molecule has 0 bridgehead atoms. The number of aromatic nitrogens is 1. The lowest BCUT2D eigenvalue weighted by molar-refractivity contribution is -0.122. The Labute approximate surface area is 160 Å². The predicted molar refractivity (Wildman–Crippen MR) is 105 cm³/mol. The third-order valence-corrected chi connectivity index (χ3v) is 4.62. The van der Waals surface area contributed by atoms with Gasteiger partial charge in [0.15, 0.2) is 6.10 Å². The van der Waals surface area contributed by atoms with Crippen molar-refractivity contribution in [2.75, 3.05) is 10.6 Å². The van der Waals surface area contributed by atoms with Crippen LogP contribution in [0, 0.1) is 6.92 Å². The lowest BCUT2D eigenvalue weighted by Crippen LogP contribution is -2.34. The molecule has 2 N–H and O–H groups in total. The second kappa shape index (κ2) is 6.55. The zero-order valence-corrected chi connectivity index (χ0v) is 15.4.